The Bertz CT molecular complexity index is 6090. The Morgan fingerprint density at radius 3 is 2.01 bits per heavy atom. The molecule has 0 aliphatic carbocycles. The number of methoxy groups -OCH3 is 3. The number of carbonyl (C=O) groups excluding carboxylic acids is 12. The molecule has 2 aliphatic heterocycles. The van der Waals surface area contributed by atoms with Crippen LogP contribution >= 0.6 is 22.9 Å². The van der Waals surface area contributed by atoms with E-state index in [0.717, 1.165) is 27.9 Å². The number of likely N-dealkylation sites (N-methyl/N-ethyl adjacent to an activating group) is 1. The van der Waals surface area contributed by atoms with Crippen LogP contribution in [0, 0.1) is 18.7 Å². The Labute approximate surface area is 841 Å². The summed E-state index contributed by atoms with van der Waals surface area (Å²) in [5.74, 6) is -6.81. The molecule has 144 heavy (non-hydrogen) atoms. The number of ether oxygens (including phenoxy) is 14. The molecule has 2 aliphatic rings. The van der Waals surface area contributed by atoms with Gasteiger partial charge < -0.3 is 108 Å². The van der Waals surface area contributed by atoms with Gasteiger partial charge in [0.25, 0.3) is 0 Å². The molecule has 11 rings (SSSR count). The molecule has 39 nitrogen and oxygen atoms in total. The molecule has 6 aromatic carbocycles. The van der Waals surface area contributed by atoms with E-state index in [1.54, 1.807) is 128 Å². The van der Waals surface area contributed by atoms with Gasteiger partial charge >= 0.3 is 54.0 Å². The van der Waals surface area contributed by atoms with Crippen LogP contribution in [0.1, 0.15) is 129 Å². The minimum atomic E-state index is -2.16. The minimum Gasteiger partial charge on any atom is -0.497 e. The molecule has 2 fully saturated rings. The van der Waals surface area contributed by atoms with Crippen molar-refractivity contribution in [2.45, 2.75) is 201 Å². The molecule has 4 unspecified atom stereocenters. The number of quaternary nitrogens is 1. The van der Waals surface area contributed by atoms with Crippen molar-refractivity contribution < 1.29 is 133 Å². The number of aromatic nitrogens is 4. The van der Waals surface area contributed by atoms with E-state index in [1.165, 1.54) is 62.5 Å². The predicted octanol–water partition coefficient (Wildman–Crippen LogP) is 12.2. The number of carbonyl (C=O) groups is 12. The Balaban J connectivity index is 0.840. The number of halogens is 2. The maximum atomic E-state index is 14.9. The monoisotopic (exact) mass is 2030 g/mol. The number of rotatable bonds is 42. The predicted molar refractivity (Wildman–Crippen MR) is 525 cm³/mol. The smallest absolute Gasteiger partial charge is 0.410 e. The highest BCUT2D eigenvalue weighted by atomic mass is 35.5. The summed E-state index contributed by atoms with van der Waals surface area (Å²) in [5, 5.41) is 13.8. The first-order valence-corrected chi connectivity index (χ1v) is 47.6. The first kappa shape index (κ1) is 110. The number of amides is 7. The number of alkyl carbamates (subject to hydrolysis) is 2. The van der Waals surface area contributed by atoms with Crippen molar-refractivity contribution in [3.05, 3.63) is 190 Å². The van der Waals surface area contributed by atoms with Crippen LogP contribution in [0.25, 0.3) is 43.2 Å². The third-order valence-corrected chi connectivity index (χ3v) is 24.7. The van der Waals surface area contributed by atoms with E-state index in [4.69, 9.17) is 98.6 Å². The molecule has 42 heteroatoms. The normalized spacial score (nSPS) is 16.5. The highest BCUT2D eigenvalue weighted by Crippen LogP contribution is 2.50. The summed E-state index contributed by atoms with van der Waals surface area (Å²) in [5.41, 5.74) is 9.57. The number of piperazine rings is 1. The van der Waals surface area contributed by atoms with Crippen molar-refractivity contribution in [2.24, 2.45) is 11.7 Å². The quantitative estimate of drug-likeness (QED) is 0.00895. The SMILES string of the molecule is COC(=O)[C@H]1OC(OC(=O)N[C@@H](CC(=O)N(C)Cc2cc(NC(=O)C(CCCNC(N)=O)NC(=O)C(NC(=O)OC(C)(C)C)C(C)C)ccc2C[N+]2(C)CCN(CCOc3ccc(-c4c(-c5ccc(F)cc5)sc5ncnc(OC(Cc6ccccc6OCc6ccnc(-c7ccccc7OC)n6)C(=O)OCc6ccc(OC)cc6)c45)c(C)c3Cl)CC2)C(=O)OC(C)(C)C)[C@H](OC(C)=O)[C@@H](OC(C)=O)[C@@H]1OC(C)=O. The lowest BCUT2D eigenvalue weighted by Gasteiger charge is -2.42. The number of nitrogens with two attached hydrogens (primary N) is 1. The molecule has 0 saturated carbocycles. The zero-order chi connectivity index (χ0) is 105. The van der Waals surface area contributed by atoms with Crippen molar-refractivity contribution in [3.63, 3.8) is 0 Å². The second-order valence-electron chi connectivity index (χ2n) is 37.0. The summed E-state index contributed by atoms with van der Waals surface area (Å²) in [6.07, 6.45) is -11.3. The van der Waals surface area contributed by atoms with Crippen molar-refractivity contribution in [1.29, 1.82) is 0 Å². The van der Waals surface area contributed by atoms with Crippen molar-refractivity contribution in [2.75, 3.05) is 86.6 Å². The van der Waals surface area contributed by atoms with Gasteiger partial charge in [-0.15, -0.1) is 11.3 Å². The van der Waals surface area contributed by atoms with Crippen LogP contribution in [-0.4, -0.2) is 253 Å². The number of fused-ring (bicyclic) bond motifs is 1. The van der Waals surface area contributed by atoms with Crippen LogP contribution in [0.3, 0.4) is 0 Å². The number of esters is 6. The molecule has 7 N–H and O–H groups in total. The Morgan fingerprint density at radius 1 is 0.681 bits per heavy atom. The van der Waals surface area contributed by atoms with Crippen LogP contribution in [0.5, 0.6) is 28.9 Å². The molecule has 2 saturated heterocycles. The van der Waals surface area contributed by atoms with E-state index in [-0.39, 0.29) is 68.8 Å². The molecule has 9 atom stereocenters. The molecular weight excluding hydrogens is 1910 g/mol. The number of hydrogen-bond donors (Lipinski definition) is 6. The lowest BCUT2D eigenvalue weighted by molar-refractivity contribution is -0.926. The van der Waals surface area contributed by atoms with E-state index >= 15 is 0 Å². The summed E-state index contributed by atoms with van der Waals surface area (Å²) >= 11 is 8.77. The minimum absolute atomic E-state index is 0.0192. The third-order valence-electron chi connectivity index (χ3n) is 23.1. The van der Waals surface area contributed by atoms with E-state index in [1.807, 2.05) is 55.5 Å². The Kier molecular flexibility index (Phi) is 38.2. The van der Waals surface area contributed by atoms with Gasteiger partial charge in [0.1, 0.15) is 95.7 Å². The average molecular weight is 2030 g/mol. The topological polar surface area (TPSA) is 478 Å². The van der Waals surface area contributed by atoms with Gasteiger partial charge in [-0.1, -0.05) is 92.2 Å². The van der Waals surface area contributed by atoms with Crippen LogP contribution in [0.4, 0.5) is 24.5 Å². The average Bonchev–Trinajstić information content (AvgIpc) is 1.59. The number of nitrogens with zero attached hydrogens (tertiary/aromatic N) is 7. The van der Waals surface area contributed by atoms with Gasteiger partial charge in [-0.3, -0.25) is 33.7 Å². The molecule has 0 spiro atoms. The first-order chi connectivity index (χ1) is 68.4. The van der Waals surface area contributed by atoms with Gasteiger partial charge in [-0.25, -0.2) is 53.1 Å². The lowest BCUT2D eigenvalue weighted by Crippen LogP contribution is -2.64. The van der Waals surface area contributed by atoms with Gasteiger partial charge in [-0.05, 0) is 167 Å². The first-order valence-electron chi connectivity index (χ1n) is 46.4. The standard InChI is InChI=1S/C102H121ClFN13O26S/c1-57(2)83(114-100(129)143-102(10,11)12)91(123)112-73(25-22-41-107-98(105)127)90(122)111-68-35-32-65(66(49-68)52-115(13)79(121)51-74(94(124)142-101(7,8)9)113-99(128)141-97-87(138-61(6)120)85(137-60(5)119)84(136-59(4)118)86(140-97)96(126)132-17)53-117(14)46-43-116(44-47-117)45-48-133-77-39-38-71(58(3)82(77)103)80-81-92(108-56-109-93(81)144-88(80)63-30-33-67(104)34-31-63)139-78(95(125)135-54-62-28-36-70(130-15)37-29-62)50-64-23-18-20-26-75(64)134-55-69-40-42-106-89(110-69)72-24-19-21-27-76(72)131-16/h18-21,23-24,26-40,42,49,56-57,73-74,78,83-87,97H,22,25,41,43-48,50-55H2,1-17H3,(H6-,105,107,111,112,113,114,122,123,127,128,129)/p+1/t73?,74-,78?,83?,84-,85-,86-,87+,97?/m0/s1. The van der Waals surface area contributed by atoms with Gasteiger partial charge in [0.15, 0.2) is 24.1 Å². The molecule has 5 heterocycles. The number of anilines is 1. The van der Waals surface area contributed by atoms with Crippen molar-refractivity contribution >= 4 is 111 Å². The van der Waals surface area contributed by atoms with Gasteiger partial charge in [0.2, 0.25) is 42.1 Å². The fourth-order valence-corrected chi connectivity index (χ4v) is 17.4. The molecule has 9 aromatic rings. The number of para-hydroxylation sites is 2. The largest absolute Gasteiger partial charge is 0.497 e. The van der Waals surface area contributed by atoms with Crippen LogP contribution in [0.2, 0.25) is 5.02 Å². The van der Waals surface area contributed by atoms with Crippen LogP contribution in [0.15, 0.2) is 146 Å². The molecule has 3 aromatic heterocycles. The summed E-state index contributed by atoms with van der Waals surface area (Å²) in [4.78, 5) is 187. The highest BCUT2D eigenvalue weighted by Gasteiger charge is 2.57. The zero-order valence-corrected chi connectivity index (χ0v) is 84.8. The zero-order valence-electron chi connectivity index (χ0n) is 83.2. The third kappa shape index (κ3) is 30.8. The van der Waals surface area contributed by atoms with Gasteiger partial charge in [0, 0.05) is 94.9 Å². The lowest BCUT2D eigenvalue weighted by atomic mass is 9.96. The fraction of sp³-hybridized carbons (Fsp3) is 0.431. The summed E-state index contributed by atoms with van der Waals surface area (Å²) in [6.45, 7) is 20.6. The molecule has 7 amide bonds. The van der Waals surface area contributed by atoms with Crippen LogP contribution in [-0.2, 0) is 119 Å². The number of nitrogens with one attached hydrogen (secondary N) is 5. The summed E-state index contributed by atoms with van der Waals surface area (Å²) in [6, 6.07) is 33.0. The molecular formula is C102H122ClFN13O26S+. The van der Waals surface area contributed by atoms with E-state index in [0.29, 0.717) is 143 Å². The number of hydrogen-bond acceptors (Lipinski definition) is 32. The van der Waals surface area contributed by atoms with E-state index < -0.39 is 156 Å². The van der Waals surface area contributed by atoms with Gasteiger partial charge in [-0.2, -0.15) is 0 Å². The number of primary amides is 1. The second kappa shape index (κ2) is 50.0. The Morgan fingerprint density at radius 2 is 1.35 bits per heavy atom. The molecule has 0 radical (unpaired) electrons. The second-order valence-corrected chi connectivity index (χ2v) is 38.3. The van der Waals surface area contributed by atoms with Crippen molar-refractivity contribution in [1.82, 2.24) is 51.0 Å². The fourth-order valence-electron chi connectivity index (χ4n) is 16.0. The summed E-state index contributed by atoms with van der Waals surface area (Å²) < 4.78 is 96.0. The number of urea groups is 1. The number of thiophene rings is 1. The van der Waals surface area contributed by atoms with Crippen LogP contribution < -0.4 is 56.0 Å². The molecule has 770 valence electrons. The maximum Gasteiger partial charge on any atom is 0.410 e. The number of benzene rings is 6. The van der Waals surface area contributed by atoms with Crippen molar-refractivity contribution in [3.8, 4) is 61.8 Å². The van der Waals surface area contributed by atoms with Gasteiger partial charge in [0.05, 0.1) is 69.6 Å². The molecule has 0 bridgehead atoms. The Hall–Kier alpha value is -14.4. The highest BCUT2D eigenvalue weighted by molar-refractivity contribution is 7.22. The van der Waals surface area contributed by atoms with E-state index in [9.17, 15) is 61.9 Å². The maximum absolute atomic E-state index is 14.9. The van der Waals surface area contributed by atoms with E-state index in [2.05, 4.69) is 43.5 Å². The summed E-state index contributed by atoms with van der Waals surface area (Å²) in [7, 11) is 7.58.